The number of imidazole rings is 1. The second-order valence-corrected chi connectivity index (χ2v) is 4.01. The highest BCUT2D eigenvalue weighted by Crippen LogP contribution is 2.04. The number of hydrogen-bond donors (Lipinski definition) is 2. The number of nitrogens with zero attached hydrogens (tertiary/aromatic N) is 3. The highest BCUT2D eigenvalue weighted by Gasteiger charge is 2.01. The summed E-state index contributed by atoms with van der Waals surface area (Å²) in [6.45, 7) is 1.22. The Morgan fingerprint density at radius 3 is 3.00 bits per heavy atom. The zero-order chi connectivity index (χ0) is 13.5. The van der Waals surface area contributed by atoms with Gasteiger partial charge in [0.2, 0.25) is 0 Å². The van der Waals surface area contributed by atoms with Gasteiger partial charge in [-0.05, 0) is 12.1 Å². The number of guanidine groups is 1. The van der Waals surface area contributed by atoms with Crippen molar-refractivity contribution < 1.29 is 0 Å². The normalized spacial score (nSPS) is 10.7. The lowest BCUT2D eigenvalue weighted by atomic mass is 10.3. The molecule has 0 aliphatic heterocycles. The van der Waals surface area contributed by atoms with Crippen LogP contribution in [0.4, 0.5) is 0 Å². The first kappa shape index (κ1) is 16.3. The fourth-order valence-electron chi connectivity index (χ4n) is 1.77. The molecule has 5 nitrogen and oxygen atoms in total. The molecule has 0 radical (unpaired) electrons. The van der Waals surface area contributed by atoms with Crippen LogP contribution < -0.4 is 10.6 Å². The summed E-state index contributed by atoms with van der Waals surface area (Å²) in [5.74, 6) is 3.22. The predicted octanol–water partition coefficient (Wildman–Crippen LogP) is 1.29. The Kier molecular flexibility index (Phi) is 6.87. The largest absolute Gasteiger partial charge is 0.356 e. The lowest BCUT2D eigenvalue weighted by molar-refractivity contribution is 0.812. The van der Waals surface area contributed by atoms with Gasteiger partial charge in [0.1, 0.15) is 5.65 Å². The lowest BCUT2D eigenvalue weighted by Gasteiger charge is -2.08. The number of rotatable bonds is 4. The molecule has 2 aromatic rings. The zero-order valence-corrected chi connectivity index (χ0v) is 13.7. The van der Waals surface area contributed by atoms with Crippen molar-refractivity contribution in [2.75, 3.05) is 20.1 Å². The zero-order valence-electron chi connectivity index (χ0n) is 11.3. The van der Waals surface area contributed by atoms with Crippen LogP contribution in [0, 0.1) is 12.3 Å². The van der Waals surface area contributed by atoms with E-state index in [2.05, 4.69) is 26.5 Å². The van der Waals surface area contributed by atoms with E-state index < -0.39 is 0 Å². The molecular formula is C14H18IN5. The number of aliphatic imine (C=N–C) groups is 1. The van der Waals surface area contributed by atoms with Gasteiger partial charge in [-0.25, -0.2) is 4.98 Å². The Morgan fingerprint density at radius 2 is 2.30 bits per heavy atom. The molecular weight excluding hydrogens is 365 g/mol. The quantitative estimate of drug-likeness (QED) is 0.362. The van der Waals surface area contributed by atoms with Crippen LogP contribution in [0.3, 0.4) is 0 Å². The van der Waals surface area contributed by atoms with Gasteiger partial charge in [0.25, 0.3) is 0 Å². The molecule has 0 bridgehead atoms. The van der Waals surface area contributed by atoms with E-state index in [-0.39, 0.29) is 24.0 Å². The second kappa shape index (κ2) is 8.43. The van der Waals surface area contributed by atoms with Crippen LogP contribution in [-0.4, -0.2) is 35.5 Å². The Balaban J connectivity index is 0.00000200. The van der Waals surface area contributed by atoms with Crippen LogP contribution in [0.15, 0.2) is 35.6 Å². The number of aromatic nitrogens is 2. The predicted molar refractivity (Wildman–Crippen MR) is 92.5 cm³/mol. The van der Waals surface area contributed by atoms with Crippen LogP contribution in [0.25, 0.3) is 5.65 Å². The molecule has 6 heteroatoms. The third kappa shape index (κ3) is 4.42. The number of nitrogens with one attached hydrogen (secondary N) is 2. The van der Waals surface area contributed by atoms with E-state index >= 15 is 0 Å². The second-order valence-electron chi connectivity index (χ2n) is 4.01. The van der Waals surface area contributed by atoms with Gasteiger partial charge < -0.3 is 15.0 Å². The molecule has 0 aliphatic carbocycles. The first-order valence-electron chi connectivity index (χ1n) is 6.14. The summed E-state index contributed by atoms with van der Waals surface area (Å²) in [5, 5.41) is 6.20. The van der Waals surface area contributed by atoms with Crippen LogP contribution in [0.1, 0.15) is 5.69 Å². The Morgan fingerprint density at radius 1 is 1.45 bits per heavy atom. The molecule has 2 heterocycles. The fraction of sp³-hybridized carbons (Fsp3) is 0.286. The van der Waals surface area contributed by atoms with Gasteiger partial charge >= 0.3 is 0 Å². The molecule has 0 spiro atoms. The maximum Gasteiger partial charge on any atom is 0.191 e. The summed E-state index contributed by atoms with van der Waals surface area (Å²) in [7, 11) is 1.72. The standard InChI is InChI=1S/C14H17N5.HI/c1-3-8-16-14(15-2)17-9-7-12-11-19-10-5-4-6-13(19)18-12;/h1,4-6,10-11H,7-9H2,2H3,(H2,15,16,17);1H. The third-order valence-electron chi connectivity index (χ3n) is 2.67. The van der Waals surface area contributed by atoms with Gasteiger partial charge in [-0.15, -0.1) is 30.4 Å². The molecule has 106 valence electrons. The first-order valence-corrected chi connectivity index (χ1v) is 6.14. The van der Waals surface area contributed by atoms with Crippen LogP contribution in [0.2, 0.25) is 0 Å². The summed E-state index contributed by atoms with van der Waals surface area (Å²) < 4.78 is 2.01. The number of pyridine rings is 1. The summed E-state index contributed by atoms with van der Waals surface area (Å²) >= 11 is 0. The average molecular weight is 383 g/mol. The van der Waals surface area contributed by atoms with Crippen LogP contribution in [0.5, 0.6) is 0 Å². The van der Waals surface area contributed by atoms with Crippen molar-refractivity contribution in [2.24, 2.45) is 4.99 Å². The first-order chi connectivity index (χ1) is 9.33. The molecule has 2 N–H and O–H groups in total. The Bertz CT molecular complexity index is 578. The minimum absolute atomic E-state index is 0. The van der Waals surface area contributed by atoms with Crippen LogP contribution >= 0.6 is 24.0 Å². The molecule has 0 fully saturated rings. The Hall–Kier alpha value is -1.75. The molecule has 0 saturated carbocycles. The van der Waals surface area contributed by atoms with E-state index in [1.165, 1.54) is 0 Å². The van der Waals surface area contributed by atoms with Gasteiger partial charge in [-0.2, -0.15) is 0 Å². The third-order valence-corrected chi connectivity index (χ3v) is 2.67. The SMILES string of the molecule is C#CCNC(=NC)NCCc1cn2ccccc2n1.I. The van der Waals surface area contributed by atoms with E-state index in [4.69, 9.17) is 6.42 Å². The van der Waals surface area contributed by atoms with Crippen molar-refractivity contribution in [1.29, 1.82) is 0 Å². The number of terminal acetylenes is 1. The molecule has 0 atom stereocenters. The van der Waals surface area contributed by atoms with Crippen molar-refractivity contribution in [3.63, 3.8) is 0 Å². The van der Waals surface area contributed by atoms with Crippen molar-refractivity contribution >= 4 is 35.6 Å². The fourth-order valence-corrected chi connectivity index (χ4v) is 1.77. The molecule has 0 unspecified atom stereocenters. The van der Waals surface area contributed by atoms with Crippen molar-refractivity contribution in [3.05, 3.63) is 36.3 Å². The number of fused-ring (bicyclic) bond motifs is 1. The van der Waals surface area contributed by atoms with Crippen LogP contribution in [-0.2, 0) is 6.42 Å². The van der Waals surface area contributed by atoms with Gasteiger partial charge in [0.05, 0.1) is 12.2 Å². The minimum Gasteiger partial charge on any atom is -0.356 e. The summed E-state index contributed by atoms with van der Waals surface area (Å²) in [6.07, 6.45) is 10.0. The maximum absolute atomic E-state index is 5.19. The number of hydrogen-bond acceptors (Lipinski definition) is 2. The highest BCUT2D eigenvalue weighted by atomic mass is 127. The smallest absolute Gasteiger partial charge is 0.191 e. The summed E-state index contributed by atoms with van der Waals surface area (Å²) in [5.41, 5.74) is 2.01. The minimum atomic E-state index is 0. The lowest BCUT2D eigenvalue weighted by Crippen LogP contribution is -2.38. The average Bonchev–Trinajstić information content (AvgIpc) is 2.85. The van der Waals surface area contributed by atoms with E-state index in [1.54, 1.807) is 7.05 Å². The molecule has 0 aliphatic rings. The van der Waals surface area contributed by atoms with Crippen molar-refractivity contribution in [2.45, 2.75) is 6.42 Å². The van der Waals surface area contributed by atoms with Gasteiger partial charge in [0.15, 0.2) is 5.96 Å². The molecule has 20 heavy (non-hydrogen) atoms. The molecule has 2 aromatic heterocycles. The topological polar surface area (TPSA) is 53.7 Å². The molecule has 2 rings (SSSR count). The molecule has 0 amide bonds. The van der Waals surface area contributed by atoms with Gasteiger partial charge in [0, 0.05) is 32.4 Å². The van der Waals surface area contributed by atoms with Gasteiger partial charge in [-0.1, -0.05) is 12.0 Å². The van der Waals surface area contributed by atoms with E-state index in [1.807, 2.05) is 35.0 Å². The monoisotopic (exact) mass is 383 g/mol. The Labute approximate surface area is 135 Å². The maximum atomic E-state index is 5.19. The summed E-state index contributed by atoms with van der Waals surface area (Å²) in [4.78, 5) is 8.60. The van der Waals surface area contributed by atoms with E-state index in [0.717, 1.165) is 24.3 Å². The highest BCUT2D eigenvalue weighted by molar-refractivity contribution is 14.0. The van der Waals surface area contributed by atoms with Gasteiger partial charge in [-0.3, -0.25) is 4.99 Å². The molecule has 0 aromatic carbocycles. The van der Waals surface area contributed by atoms with Crippen molar-refractivity contribution in [3.8, 4) is 12.3 Å². The number of halogens is 1. The molecule has 0 saturated heterocycles. The van der Waals surface area contributed by atoms with E-state index in [9.17, 15) is 0 Å². The van der Waals surface area contributed by atoms with E-state index in [0.29, 0.717) is 12.5 Å². The summed E-state index contributed by atoms with van der Waals surface area (Å²) in [6, 6.07) is 5.96. The van der Waals surface area contributed by atoms with Crippen molar-refractivity contribution in [1.82, 2.24) is 20.0 Å².